The second-order valence-electron chi connectivity index (χ2n) is 10.3. The van der Waals surface area contributed by atoms with E-state index < -0.39 is 0 Å². The van der Waals surface area contributed by atoms with Crippen LogP contribution in [-0.2, 0) is 6.42 Å². The first-order valence-electron chi connectivity index (χ1n) is 12.6. The van der Waals surface area contributed by atoms with E-state index in [0.29, 0.717) is 17.9 Å². The molecule has 0 heterocycles. The normalized spacial score (nSPS) is 27.4. The van der Waals surface area contributed by atoms with Crippen LogP contribution >= 0.6 is 15.9 Å². The van der Waals surface area contributed by atoms with Crippen molar-refractivity contribution in [1.29, 1.82) is 0 Å². The van der Waals surface area contributed by atoms with Gasteiger partial charge in [0.15, 0.2) is 12.8 Å². The molecule has 1 aromatic carbocycles. The Morgan fingerprint density at radius 2 is 2.03 bits per heavy atom. The summed E-state index contributed by atoms with van der Waals surface area (Å²) < 4.78 is 1.16. The zero-order chi connectivity index (χ0) is 23.6. The molecule has 3 heteroatoms. The average molecular weight is 503 g/mol. The lowest BCUT2D eigenvalue weighted by Gasteiger charge is -2.44. The van der Waals surface area contributed by atoms with Gasteiger partial charge in [0.05, 0.1) is 0 Å². The van der Waals surface area contributed by atoms with E-state index in [9.17, 15) is 5.21 Å². The Bertz CT molecular complexity index is 769. The first kappa shape index (κ1) is 26.9. The van der Waals surface area contributed by atoms with E-state index in [1.54, 1.807) is 5.57 Å². The molecule has 2 saturated carbocycles. The Morgan fingerprint density at radius 3 is 2.62 bits per heavy atom. The van der Waals surface area contributed by atoms with Gasteiger partial charge in [-0.1, -0.05) is 84.6 Å². The summed E-state index contributed by atoms with van der Waals surface area (Å²) in [7, 11) is 0. The minimum absolute atomic E-state index is 0.420. The van der Waals surface area contributed by atoms with Crippen molar-refractivity contribution in [3.63, 3.8) is 0 Å². The molecule has 32 heavy (non-hydrogen) atoms. The molecule has 2 nitrogen and oxygen atoms in total. The van der Waals surface area contributed by atoms with Gasteiger partial charge in [-0.25, -0.2) is 4.74 Å². The molecule has 4 atom stereocenters. The fourth-order valence-corrected chi connectivity index (χ4v) is 6.54. The molecule has 2 fully saturated rings. The SMILES string of the molecule is C=C(C)CCC.C[C@H](C/C=[N+](\[O-])CCc1ccccc1)[C@H]1CC[C@H]2/C(=C/Br)CCC[C@]12C. The lowest BCUT2D eigenvalue weighted by atomic mass is 9.61. The zero-order valence-electron chi connectivity index (χ0n) is 20.8. The van der Waals surface area contributed by atoms with Crippen molar-refractivity contribution >= 4 is 22.1 Å². The summed E-state index contributed by atoms with van der Waals surface area (Å²) in [5, 5.41) is 12.2. The highest BCUT2D eigenvalue weighted by Crippen LogP contribution is 2.59. The summed E-state index contributed by atoms with van der Waals surface area (Å²) >= 11 is 3.60. The largest absolute Gasteiger partial charge is 0.624 e. The molecule has 1 aromatic rings. The molecule has 0 amide bonds. The van der Waals surface area contributed by atoms with Crippen LogP contribution in [0.2, 0.25) is 0 Å². The van der Waals surface area contributed by atoms with Gasteiger partial charge in [0.1, 0.15) is 0 Å². The van der Waals surface area contributed by atoms with Crippen LogP contribution in [0.15, 0.2) is 53.0 Å². The number of hydrogen-bond acceptors (Lipinski definition) is 1. The molecule has 3 rings (SSSR count). The average Bonchev–Trinajstić information content (AvgIpc) is 3.14. The van der Waals surface area contributed by atoms with Gasteiger partial charge in [-0.2, -0.15) is 0 Å². The van der Waals surface area contributed by atoms with Crippen molar-refractivity contribution in [3.8, 4) is 0 Å². The fourth-order valence-electron chi connectivity index (χ4n) is 6.00. The van der Waals surface area contributed by atoms with Crippen LogP contribution in [0.3, 0.4) is 0 Å². The maximum absolute atomic E-state index is 12.2. The van der Waals surface area contributed by atoms with Gasteiger partial charge in [0.25, 0.3) is 0 Å². The summed E-state index contributed by atoms with van der Waals surface area (Å²) in [4.78, 5) is 2.19. The van der Waals surface area contributed by atoms with Crippen molar-refractivity contribution < 1.29 is 4.74 Å². The van der Waals surface area contributed by atoms with Crippen LogP contribution in [0.1, 0.15) is 84.6 Å². The molecule has 0 aliphatic heterocycles. The highest BCUT2D eigenvalue weighted by Gasteiger charge is 2.50. The molecule has 0 radical (unpaired) electrons. The van der Waals surface area contributed by atoms with E-state index in [4.69, 9.17) is 0 Å². The predicted molar refractivity (Wildman–Crippen MR) is 143 cm³/mol. The number of benzene rings is 1. The van der Waals surface area contributed by atoms with Gasteiger partial charge in [0.2, 0.25) is 0 Å². The maximum atomic E-state index is 12.2. The quantitative estimate of drug-likeness (QED) is 0.115. The van der Waals surface area contributed by atoms with Crippen molar-refractivity contribution in [2.75, 3.05) is 6.54 Å². The Hall–Kier alpha value is -1.35. The standard InChI is InChI=1S/C23H32BrNO.C6H12/c1-18(12-15-25(26)16-13-19-7-4-3-5-8-19)21-10-11-22-20(17-24)9-6-14-23(21,22)2;1-4-5-6(2)3/h3-5,7-8,15,17-18,21-22H,6,9-14,16H2,1-2H3;2,4-5H2,1,3H3/b20-17+,25-15-;/t18-,21-,22+,23-;/m1./s1. The Kier molecular flexibility index (Phi) is 11.2. The third kappa shape index (κ3) is 7.61. The lowest BCUT2D eigenvalue weighted by molar-refractivity contribution is -0.453. The summed E-state index contributed by atoms with van der Waals surface area (Å²) in [6.45, 7) is 13.4. The van der Waals surface area contributed by atoms with Gasteiger partial charge in [0, 0.05) is 12.8 Å². The number of hydrogen-bond donors (Lipinski definition) is 0. The van der Waals surface area contributed by atoms with Crippen LogP contribution in [-0.4, -0.2) is 17.5 Å². The molecule has 0 bridgehead atoms. The van der Waals surface area contributed by atoms with Crippen molar-refractivity contribution in [3.05, 3.63) is 63.8 Å². The van der Waals surface area contributed by atoms with Gasteiger partial charge < -0.3 is 5.21 Å². The number of fused-ring (bicyclic) bond motifs is 1. The summed E-state index contributed by atoms with van der Waals surface area (Å²) in [5.41, 5.74) is 4.56. The van der Waals surface area contributed by atoms with Gasteiger partial charge >= 0.3 is 0 Å². The second-order valence-corrected chi connectivity index (χ2v) is 10.7. The van der Waals surface area contributed by atoms with E-state index in [2.05, 4.69) is 67.3 Å². The first-order chi connectivity index (χ1) is 15.3. The minimum atomic E-state index is 0.420. The topological polar surface area (TPSA) is 26.1 Å². The molecule has 2 aliphatic rings. The molecule has 0 spiro atoms. The molecular formula is C29H44BrNO. The Labute approximate surface area is 205 Å². The second kappa shape index (κ2) is 13.4. The summed E-state index contributed by atoms with van der Waals surface area (Å²) in [6, 6.07) is 10.3. The zero-order valence-corrected chi connectivity index (χ0v) is 22.4. The van der Waals surface area contributed by atoms with Gasteiger partial charge in [-0.05, 0) is 79.2 Å². The molecule has 0 aromatic heterocycles. The third-order valence-corrected chi connectivity index (χ3v) is 8.27. The van der Waals surface area contributed by atoms with E-state index in [-0.39, 0.29) is 0 Å². The smallest absolute Gasteiger partial charge is 0.157 e. The Morgan fingerprint density at radius 1 is 1.31 bits per heavy atom. The van der Waals surface area contributed by atoms with Crippen LogP contribution in [0.25, 0.3) is 0 Å². The van der Waals surface area contributed by atoms with Gasteiger partial charge in [-0.3, -0.25) is 0 Å². The number of allylic oxidation sites excluding steroid dienone is 2. The number of halogens is 1. The molecule has 2 aliphatic carbocycles. The monoisotopic (exact) mass is 501 g/mol. The molecular weight excluding hydrogens is 458 g/mol. The minimum Gasteiger partial charge on any atom is -0.624 e. The Balaban J connectivity index is 0.000000534. The van der Waals surface area contributed by atoms with Crippen molar-refractivity contribution in [1.82, 2.24) is 0 Å². The summed E-state index contributed by atoms with van der Waals surface area (Å²) in [5.74, 6) is 2.05. The molecule has 178 valence electrons. The van der Waals surface area contributed by atoms with Crippen molar-refractivity contribution in [2.45, 2.75) is 85.5 Å². The van der Waals surface area contributed by atoms with Crippen LogP contribution in [0.4, 0.5) is 0 Å². The third-order valence-electron chi connectivity index (χ3n) is 7.69. The molecule has 0 N–H and O–H groups in total. The first-order valence-corrected chi connectivity index (χ1v) is 13.5. The highest BCUT2D eigenvalue weighted by atomic mass is 79.9. The van der Waals surface area contributed by atoms with Crippen LogP contribution in [0, 0.1) is 28.4 Å². The van der Waals surface area contributed by atoms with Crippen molar-refractivity contribution in [2.24, 2.45) is 23.2 Å². The highest BCUT2D eigenvalue weighted by molar-refractivity contribution is 9.11. The number of nitrogens with zero attached hydrogens (tertiary/aromatic N) is 1. The van der Waals surface area contributed by atoms with Crippen LogP contribution in [0.5, 0.6) is 0 Å². The number of rotatable bonds is 8. The van der Waals surface area contributed by atoms with E-state index >= 15 is 0 Å². The number of hydroxylamine groups is 1. The lowest BCUT2D eigenvalue weighted by Crippen LogP contribution is -2.36. The summed E-state index contributed by atoms with van der Waals surface area (Å²) in [6.07, 6.45) is 12.6. The molecule has 0 saturated heterocycles. The van der Waals surface area contributed by atoms with E-state index in [1.807, 2.05) is 24.4 Å². The van der Waals surface area contributed by atoms with E-state index in [1.165, 1.54) is 56.1 Å². The molecule has 0 unspecified atom stereocenters. The fraction of sp³-hybridized carbons (Fsp3) is 0.621. The van der Waals surface area contributed by atoms with Crippen LogP contribution < -0.4 is 0 Å². The van der Waals surface area contributed by atoms with Gasteiger partial charge in [-0.15, -0.1) is 6.58 Å². The maximum Gasteiger partial charge on any atom is 0.157 e. The predicted octanol–water partition coefficient (Wildman–Crippen LogP) is 8.69. The van der Waals surface area contributed by atoms with E-state index in [0.717, 1.165) is 29.4 Å².